The standard InChI is InChI=1S/C25H31F3N2O2S/c1-4-16(2)18-11-13-20(14-12-18)30(24(32)25(26,27)28)22(21-15-10-17(3)33-21)23(31)29-19-8-6-5-7-9-19/h10-16,19,22H,4-9H2,1-3H3,(H,29,31)/t16-,22-/m0/s1. The Labute approximate surface area is 197 Å². The fraction of sp³-hybridized carbons (Fsp3) is 0.520. The van der Waals surface area contributed by atoms with Crippen LogP contribution in [0.2, 0.25) is 0 Å². The van der Waals surface area contributed by atoms with E-state index in [1.807, 2.05) is 20.8 Å². The highest BCUT2D eigenvalue weighted by atomic mass is 32.1. The molecule has 0 saturated heterocycles. The minimum absolute atomic E-state index is 0.0548. The van der Waals surface area contributed by atoms with Gasteiger partial charge in [-0.15, -0.1) is 11.3 Å². The van der Waals surface area contributed by atoms with Crippen LogP contribution >= 0.6 is 11.3 Å². The lowest BCUT2D eigenvalue weighted by atomic mass is 9.95. The van der Waals surface area contributed by atoms with E-state index in [-0.39, 0.29) is 17.6 Å². The molecule has 1 saturated carbocycles. The van der Waals surface area contributed by atoms with Gasteiger partial charge in [-0.25, -0.2) is 0 Å². The van der Waals surface area contributed by atoms with Crippen molar-refractivity contribution in [1.29, 1.82) is 0 Å². The molecule has 0 radical (unpaired) electrons. The van der Waals surface area contributed by atoms with E-state index in [1.54, 1.807) is 24.3 Å². The summed E-state index contributed by atoms with van der Waals surface area (Å²) in [6.07, 6.45) is 0.362. The van der Waals surface area contributed by atoms with Gasteiger partial charge in [0, 0.05) is 21.5 Å². The molecule has 180 valence electrons. The first-order valence-corrected chi connectivity index (χ1v) is 12.3. The van der Waals surface area contributed by atoms with Gasteiger partial charge in [-0.1, -0.05) is 45.2 Å². The number of alkyl halides is 3. The highest BCUT2D eigenvalue weighted by molar-refractivity contribution is 7.12. The molecule has 0 aliphatic heterocycles. The van der Waals surface area contributed by atoms with Crippen LogP contribution in [-0.4, -0.2) is 24.0 Å². The zero-order valence-electron chi connectivity index (χ0n) is 19.2. The third kappa shape index (κ3) is 6.16. The van der Waals surface area contributed by atoms with Gasteiger partial charge in [0.15, 0.2) is 6.04 Å². The number of rotatable bonds is 7. The van der Waals surface area contributed by atoms with E-state index in [9.17, 15) is 22.8 Å². The van der Waals surface area contributed by atoms with Crippen LogP contribution in [0.3, 0.4) is 0 Å². The van der Waals surface area contributed by atoms with Crippen molar-refractivity contribution in [2.75, 3.05) is 4.90 Å². The number of carbonyl (C=O) groups is 2. The SMILES string of the molecule is CC[C@H](C)c1ccc(N(C(=O)C(F)(F)F)[C@H](C(=O)NC2CCCCC2)c2ccc(C)s2)cc1. The van der Waals surface area contributed by atoms with Crippen LogP contribution in [0.1, 0.15) is 79.6 Å². The Morgan fingerprint density at radius 3 is 2.24 bits per heavy atom. The van der Waals surface area contributed by atoms with Crippen molar-refractivity contribution in [1.82, 2.24) is 5.32 Å². The molecule has 1 aliphatic carbocycles. The fourth-order valence-electron chi connectivity index (χ4n) is 4.22. The zero-order valence-corrected chi connectivity index (χ0v) is 20.1. The predicted octanol–water partition coefficient (Wildman–Crippen LogP) is 6.66. The van der Waals surface area contributed by atoms with Crippen LogP contribution < -0.4 is 10.2 Å². The largest absolute Gasteiger partial charge is 0.471 e. The first-order chi connectivity index (χ1) is 15.6. The number of benzene rings is 1. The second-order valence-corrected chi connectivity index (χ2v) is 10.1. The smallest absolute Gasteiger partial charge is 0.351 e. The van der Waals surface area contributed by atoms with Crippen LogP contribution in [-0.2, 0) is 9.59 Å². The summed E-state index contributed by atoms with van der Waals surface area (Å²) in [5.74, 6) is -2.39. The van der Waals surface area contributed by atoms with E-state index in [4.69, 9.17) is 0 Å². The van der Waals surface area contributed by atoms with Crippen LogP contribution in [0.4, 0.5) is 18.9 Å². The number of aryl methyl sites for hydroxylation is 1. The van der Waals surface area contributed by atoms with E-state index in [1.165, 1.54) is 23.5 Å². The summed E-state index contributed by atoms with van der Waals surface area (Å²) in [6.45, 7) is 5.88. The van der Waals surface area contributed by atoms with Crippen molar-refractivity contribution in [3.8, 4) is 0 Å². The normalized spacial score (nSPS) is 16.8. The summed E-state index contributed by atoms with van der Waals surface area (Å²) in [5, 5.41) is 2.93. The van der Waals surface area contributed by atoms with Gasteiger partial charge in [0.2, 0.25) is 5.91 Å². The van der Waals surface area contributed by atoms with Gasteiger partial charge in [-0.3, -0.25) is 14.5 Å². The molecule has 4 nitrogen and oxygen atoms in total. The van der Waals surface area contributed by atoms with E-state index in [0.29, 0.717) is 9.78 Å². The Morgan fingerprint density at radius 2 is 1.73 bits per heavy atom. The molecule has 1 fully saturated rings. The van der Waals surface area contributed by atoms with E-state index < -0.39 is 24.0 Å². The van der Waals surface area contributed by atoms with E-state index in [0.717, 1.165) is 49.0 Å². The van der Waals surface area contributed by atoms with Crippen LogP contribution in [0.5, 0.6) is 0 Å². The molecule has 0 bridgehead atoms. The summed E-state index contributed by atoms with van der Waals surface area (Å²) in [4.78, 5) is 28.0. The van der Waals surface area contributed by atoms with Gasteiger partial charge >= 0.3 is 12.1 Å². The van der Waals surface area contributed by atoms with Gasteiger partial charge in [0.05, 0.1) is 0 Å². The highest BCUT2D eigenvalue weighted by Gasteiger charge is 2.48. The summed E-state index contributed by atoms with van der Waals surface area (Å²) >= 11 is 1.23. The van der Waals surface area contributed by atoms with E-state index >= 15 is 0 Å². The molecule has 1 aliphatic rings. The lowest BCUT2D eigenvalue weighted by Gasteiger charge is -2.33. The Morgan fingerprint density at radius 1 is 1.09 bits per heavy atom. The number of hydrogen-bond donors (Lipinski definition) is 1. The van der Waals surface area contributed by atoms with Crippen LogP contribution in [0.25, 0.3) is 0 Å². The number of hydrogen-bond acceptors (Lipinski definition) is 3. The Bertz CT molecular complexity index is 949. The Kier molecular flexibility index (Phi) is 8.21. The van der Waals surface area contributed by atoms with Crippen molar-refractivity contribution >= 4 is 28.8 Å². The summed E-state index contributed by atoms with van der Waals surface area (Å²) < 4.78 is 41.2. The highest BCUT2D eigenvalue weighted by Crippen LogP contribution is 2.36. The topological polar surface area (TPSA) is 49.4 Å². The molecular weight excluding hydrogens is 449 g/mol. The number of amides is 2. The molecule has 2 amide bonds. The molecule has 0 unspecified atom stereocenters. The second kappa shape index (κ2) is 10.7. The van der Waals surface area contributed by atoms with Crippen LogP contribution in [0, 0.1) is 6.92 Å². The van der Waals surface area contributed by atoms with Crippen molar-refractivity contribution in [2.24, 2.45) is 0 Å². The van der Waals surface area contributed by atoms with Gasteiger partial charge in [0.25, 0.3) is 0 Å². The third-order valence-corrected chi connectivity index (χ3v) is 7.36. The Balaban J connectivity index is 2.04. The molecule has 1 N–H and O–H groups in total. The van der Waals surface area contributed by atoms with Gasteiger partial charge in [-0.05, 0) is 61.9 Å². The molecule has 3 rings (SSSR count). The average Bonchev–Trinajstić information content (AvgIpc) is 3.22. The van der Waals surface area contributed by atoms with Crippen LogP contribution in [0.15, 0.2) is 36.4 Å². The summed E-state index contributed by atoms with van der Waals surface area (Å²) in [5.41, 5.74) is 1.02. The minimum atomic E-state index is -5.12. The molecule has 1 aromatic carbocycles. The Hall–Kier alpha value is -2.35. The fourth-order valence-corrected chi connectivity index (χ4v) is 5.19. The molecule has 33 heavy (non-hydrogen) atoms. The molecular formula is C25H31F3N2O2S. The first-order valence-electron chi connectivity index (χ1n) is 11.5. The third-order valence-electron chi connectivity index (χ3n) is 6.30. The number of carbonyl (C=O) groups excluding carboxylic acids is 2. The molecule has 1 aromatic heterocycles. The van der Waals surface area contributed by atoms with Gasteiger partial charge in [0.1, 0.15) is 0 Å². The molecule has 2 aromatic rings. The molecule has 2 atom stereocenters. The van der Waals surface area contributed by atoms with Gasteiger partial charge in [-0.2, -0.15) is 13.2 Å². The number of halogens is 3. The molecule has 1 heterocycles. The minimum Gasteiger partial charge on any atom is -0.351 e. The maximum Gasteiger partial charge on any atom is 0.471 e. The molecule has 8 heteroatoms. The quantitative estimate of drug-likeness (QED) is 0.482. The number of nitrogens with one attached hydrogen (secondary N) is 1. The maximum absolute atomic E-state index is 13.7. The zero-order chi connectivity index (χ0) is 24.2. The summed E-state index contributed by atoms with van der Waals surface area (Å²) in [7, 11) is 0. The predicted molar refractivity (Wildman–Crippen MR) is 126 cm³/mol. The maximum atomic E-state index is 13.7. The first kappa shape index (κ1) is 25.3. The number of nitrogens with zero attached hydrogens (tertiary/aromatic N) is 1. The van der Waals surface area contributed by atoms with E-state index in [2.05, 4.69) is 5.32 Å². The second-order valence-electron chi connectivity index (χ2n) is 8.77. The summed E-state index contributed by atoms with van der Waals surface area (Å²) in [6, 6.07) is 8.38. The average molecular weight is 481 g/mol. The number of thiophene rings is 1. The monoisotopic (exact) mass is 480 g/mol. The van der Waals surface area contributed by atoms with Crippen molar-refractivity contribution < 1.29 is 22.8 Å². The van der Waals surface area contributed by atoms with Crippen molar-refractivity contribution in [3.05, 3.63) is 51.7 Å². The number of anilines is 1. The van der Waals surface area contributed by atoms with Crippen molar-refractivity contribution in [3.63, 3.8) is 0 Å². The van der Waals surface area contributed by atoms with Crippen molar-refractivity contribution in [2.45, 2.75) is 83.5 Å². The molecule has 0 spiro atoms. The lowest BCUT2D eigenvalue weighted by Crippen LogP contribution is -2.50. The van der Waals surface area contributed by atoms with Gasteiger partial charge < -0.3 is 5.32 Å². The lowest BCUT2D eigenvalue weighted by molar-refractivity contribution is -0.171.